The number of halogens is 3. The summed E-state index contributed by atoms with van der Waals surface area (Å²) < 4.78 is 6.71. The lowest BCUT2D eigenvalue weighted by atomic mass is 10.2. The summed E-state index contributed by atoms with van der Waals surface area (Å²) >= 11 is 16.8. The fourth-order valence-electron chi connectivity index (χ4n) is 1.92. The second-order valence-electron chi connectivity index (χ2n) is 4.80. The Balaban J connectivity index is 1.60. The quantitative estimate of drug-likeness (QED) is 0.464. The Hall–Kier alpha value is -1.01. The molecule has 0 aliphatic rings. The number of aromatic nitrogens is 2. The zero-order valence-corrected chi connectivity index (χ0v) is 15.7. The van der Waals surface area contributed by atoms with Crippen molar-refractivity contribution in [1.29, 1.82) is 0 Å². The summed E-state index contributed by atoms with van der Waals surface area (Å²) in [5.41, 5.74) is 2.18. The van der Waals surface area contributed by atoms with Crippen molar-refractivity contribution < 1.29 is 4.42 Å². The Kier molecular flexibility index (Phi) is 5.64. The van der Waals surface area contributed by atoms with E-state index >= 15 is 0 Å². The molecule has 0 aliphatic heterocycles. The molecule has 0 radical (unpaired) electrons. The average molecular weight is 430 g/mol. The van der Waals surface area contributed by atoms with Crippen LogP contribution < -0.4 is 0 Å². The molecule has 0 aliphatic carbocycles. The number of rotatable bonds is 5. The van der Waals surface area contributed by atoms with Crippen LogP contribution in [0.4, 0.5) is 0 Å². The van der Waals surface area contributed by atoms with Crippen LogP contribution in [0.2, 0.25) is 10.0 Å². The molecule has 1 aromatic heterocycles. The van der Waals surface area contributed by atoms with Gasteiger partial charge in [-0.15, -0.1) is 10.2 Å². The van der Waals surface area contributed by atoms with Gasteiger partial charge in [-0.05, 0) is 35.4 Å². The van der Waals surface area contributed by atoms with E-state index in [1.165, 1.54) is 11.8 Å². The first-order chi connectivity index (χ1) is 11.1. The second-order valence-corrected chi connectivity index (χ2v) is 7.46. The lowest BCUT2D eigenvalue weighted by Crippen LogP contribution is -1.87. The second kappa shape index (κ2) is 7.71. The van der Waals surface area contributed by atoms with E-state index in [-0.39, 0.29) is 0 Å². The Labute approximate surface area is 156 Å². The van der Waals surface area contributed by atoms with Crippen LogP contribution in [-0.4, -0.2) is 10.2 Å². The number of hydrogen-bond donors (Lipinski definition) is 0. The predicted octanol–water partition coefficient (Wildman–Crippen LogP) is 6.02. The first-order valence-corrected chi connectivity index (χ1v) is 9.27. The SMILES string of the molecule is Clc1ccc(CSc2nnc(Cc3ccc(Br)cc3)o2)cc1Cl. The third kappa shape index (κ3) is 4.73. The van der Waals surface area contributed by atoms with Gasteiger partial charge in [0, 0.05) is 10.2 Å². The molecule has 0 saturated heterocycles. The number of thioether (sulfide) groups is 1. The van der Waals surface area contributed by atoms with Crippen molar-refractivity contribution in [2.45, 2.75) is 17.4 Å². The molecule has 0 spiro atoms. The standard InChI is InChI=1S/C16H11BrCl2N2OS/c17-12-4-1-10(2-5-12)8-15-20-21-16(22-15)23-9-11-3-6-13(18)14(19)7-11/h1-7H,8-9H2. The largest absolute Gasteiger partial charge is 0.416 e. The molecule has 0 amide bonds. The molecule has 3 aromatic rings. The van der Waals surface area contributed by atoms with Crippen LogP contribution in [0.1, 0.15) is 17.0 Å². The predicted molar refractivity (Wildman–Crippen MR) is 97.3 cm³/mol. The van der Waals surface area contributed by atoms with E-state index < -0.39 is 0 Å². The van der Waals surface area contributed by atoms with Gasteiger partial charge in [0.25, 0.3) is 5.22 Å². The van der Waals surface area contributed by atoms with E-state index in [9.17, 15) is 0 Å². The fraction of sp³-hybridized carbons (Fsp3) is 0.125. The summed E-state index contributed by atoms with van der Waals surface area (Å²) in [6, 6.07) is 13.6. The van der Waals surface area contributed by atoms with Crippen molar-refractivity contribution in [1.82, 2.24) is 10.2 Å². The van der Waals surface area contributed by atoms with Crippen LogP contribution in [-0.2, 0) is 12.2 Å². The molecule has 23 heavy (non-hydrogen) atoms. The molecule has 0 N–H and O–H groups in total. The Morgan fingerprint density at radius 3 is 2.43 bits per heavy atom. The molecular weight excluding hydrogens is 419 g/mol. The smallest absolute Gasteiger partial charge is 0.276 e. The number of hydrogen-bond acceptors (Lipinski definition) is 4. The molecular formula is C16H11BrCl2N2OS. The molecule has 0 fully saturated rings. The van der Waals surface area contributed by atoms with Crippen LogP contribution in [0.5, 0.6) is 0 Å². The summed E-state index contributed by atoms with van der Waals surface area (Å²) in [7, 11) is 0. The zero-order valence-electron chi connectivity index (χ0n) is 11.8. The summed E-state index contributed by atoms with van der Waals surface area (Å²) in [4.78, 5) is 0. The zero-order chi connectivity index (χ0) is 16.2. The molecule has 0 unspecified atom stereocenters. The van der Waals surface area contributed by atoms with Crippen molar-refractivity contribution in [3.05, 3.63) is 74.0 Å². The molecule has 0 saturated carbocycles. The first-order valence-electron chi connectivity index (χ1n) is 6.74. The van der Waals surface area contributed by atoms with E-state index in [4.69, 9.17) is 27.6 Å². The van der Waals surface area contributed by atoms with Gasteiger partial charge in [-0.3, -0.25) is 0 Å². The van der Waals surface area contributed by atoms with Gasteiger partial charge in [-0.2, -0.15) is 0 Å². The van der Waals surface area contributed by atoms with Crippen molar-refractivity contribution in [3.63, 3.8) is 0 Å². The highest BCUT2D eigenvalue weighted by Crippen LogP contribution is 2.27. The van der Waals surface area contributed by atoms with Gasteiger partial charge in [0.05, 0.1) is 16.5 Å². The van der Waals surface area contributed by atoms with Gasteiger partial charge in [-0.25, -0.2) is 0 Å². The Bertz CT molecular complexity index is 808. The lowest BCUT2D eigenvalue weighted by molar-refractivity contribution is 0.420. The molecule has 0 bridgehead atoms. The average Bonchev–Trinajstić information content (AvgIpc) is 2.98. The van der Waals surface area contributed by atoms with Crippen LogP contribution in [0, 0.1) is 0 Å². The van der Waals surface area contributed by atoms with Gasteiger partial charge in [0.1, 0.15) is 0 Å². The fourth-order valence-corrected chi connectivity index (χ4v) is 3.23. The number of benzene rings is 2. The molecule has 0 atom stereocenters. The Morgan fingerprint density at radius 1 is 0.957 bits per heavy atom. The lowest BCUT2D eigenvalue weighted by Gasteiger charge is -2.00. The van der Waals surface area contributed by atoms with Crippen LogP contribution >= 0.6 is 50.9 Å². The molecule has 2 aromatic carbocycles. The molecule has 3 rings (SSSR count). The number of nitrogens with zero attached hydrogens (tertiary/aromatic N) is 2. The minimum atomic E-state index is 0.545. The highest BCUT2D eigenvalue weighted by Gasteiger charge is 2.09. The van der Waals surface area contributed by atoms with Crippen molar-refractivity contribution in [2.75, 3.05) is 0 Å². The van der Waals surface area contributed by atoms with Gasteiger partial charge < -0.3 is 4.42 Å². The normalized spacial score (nSPS) is 10.9. The molecule has 3 nitrogen and oxygen atoms in total. The first kappa shape index (κ1) is 16.8. The maximum Gasteiger partial charge on any atom is 0.276 e. The van der Waals surface area contributed by atoms with E-state index in [1.807, 2.05) is 36.4 Å². The van der Waals surface area contributed by atoms with E-state index in [1.54, 1.807) is 6.07 Å². The molecule has 118 valence electrons. The monoisotopic (exact) mass is 428 g/mol. The van der Waals surface area contributed by atoms with E-state index in [0.717, 1.165) is 15.6 Å². The molecule has 1 heterocycles. The molecule has 7 heteroatoms. The van der Waals surface area contributed by atoms with Crippen LogP contribution in [0.15, 0.2) is 56.6 Å². The van der Waals surface area contributed by atoms with Crippen LogP contribution in [0.3, 0.4) is 0 Å². The van der Waals surface area contributed by atoms with Crippen molar-refractivity contribution in [2.24, 2.45) is 0 Å². The summed E-state index contributed by atoms with van der Waals surface area (Å²) in [5.74, 6) is 1.29. The van der Waals surface area contributed by atoms with Gasteiger partial charge in [-0.1, -0.05) is 69.1 Å². The van der Waals surface area contributed by atoms with E-state index in [2.05, 4.69) is 26.1 Å². The maximum atomic E-state index is 6.01. The third-order valence-electron chi connectivity index (χ3n) is 3.06. The topological polar surface area (TPSA) is 38.9 Å². The van der Waals surface area contributed by atoms with Crippen LogP contribution in [0.25, 0.3) is 0 Å². The van der Waals surface area contributed by atoms with Gasteiger partial charge in [0.2, 0.25) is 5.89 Å². The highest BCUT2D eigenvalue weighted by atomic mass is 79.9. The highest BCUT2D eigenvalue weighted by molar-refractivity contribution is 9.10. The Morgan fingerprint density at radius 2 is 1.70 bits per heavy atom. The summed E-state index contributed by atoms with van der Waals surface area (Å²) in [6.07, 6.45) is 0.619. The van der Waals surface area contributed by atoms with Crippen molar-refractivity contribution >= 4 is 50.9 Å². The maximum absolute atomic E-state index is 6.01. The van der Waals surface area contributed by atoms with Gasteiger partial charge >= 0.3 is 0 Å². The summed E-state index contributed by atoms with van der Waals surface area (Å²) in [5, 5.41) is 9.79. The minimum absolute atomic E-state index is 0.545. The minimum Gasteiger partial charge on any atom is -0.416 e. The van der Waals surface area contributed by atoms with E-state index in [0.29, 0.717) is 33.3 Å². The third-order valence-corrected chi connectivity index (χ3v) is 5.22. The summed E-state index contributed by atoms with van der Waals surface area (Å²) in [6.45, 7) is 0. The van der Waals surface area contributed by atoms with Gasteiger partial charge in [0.15, 0.2) is 0 Å². The van der Waals surface area contributed by atoms with Crippen molar-refractivity contribution in [3.8, 4) is 0 Å².